The summed E-state index contributed by atoms with van der Waals surface area (Å²) in [6.45, 7) is 4.42. The van der Waals surface area contributed by atoms with Gasteiger partial charge in [0.1, 0.15) is 5.82 Å². The molecule has 0 aliphatic rings. The monoisotopic (exact) mass is 412 g/mol. The van der Waals surface area contributed by atoms with Gasteiger partial charge in [-0.2, -0.15) is 0 Å². The number of hydrogen-bond donors (Lipinski definition) is 2. The molecule has 2 N–H and O–H groups in total. The van der Waals surface area contributed by atoms with Crippen molar-refractivity contribution in [1.29, 1.82) is 0 Å². The lowest BCUT2D eigenvalue weighted by Crippen LogP contribution is -2.31. The van der Waals surface area contributed by atoms with Gasteiger partial charge >= 0.3 is 0 Å². The Morgan fingerprint density at radius 3 is 2.69 bits per heavy atom. The zero-order chi connectivity index (χ0) is 18.5. The Kier molecular flexibility index (Phi) is 5.83. The molecule has 26 heavy (non-hydrogen) atoms. The SMILES string of the molecule is CC(C)NC(=O)CCNc1nc(-c2cccc(Br)c2)nc2ccccc12. The van der Waals surface area contributed by atoms with Gasteiger partial charge in [-0.1, -0.05) is 40.2 Å². The van der Waals surface area contributed by atoms with Gasteiger partial charge in [-0.05, 0) is 38.1 Å². The molecule has 0 radical (unpaired) electrons. The van der Waals surface area contributed by atoms with Crippen molar-refractivity contribution in [2.75, 3.05) is 11.9 Å². The fourth-order valence-electron chi connectivity index (χ4n) is 2.66. The van der Waals surface area contributed by atoms with Gasteiger partial charge in [-0.15, -0.1) is 0 Å². The van der Waals surface area contributed by atoms with Crippen molar-refractivity contribution < 1.29 is 4.79 Å². The van der Waals surface area contributed by atoms with Crippen LogP contribution < -0.4 is 10.6 Å². The molecule has 0 aliphatic heterocycles. The summed E-state index contributed by atoms with van der Waals surface area (Å²) in [5, 5.41) is 7.13. The number of carbonyl (C=O) groups is 1. The molecule has 0 atom stereocenters. The number of hydrogen-bond acceptors (Lipinski definition) is 4. The lowest BCUT2D eigenvalue weighted by Gasteiger charge is -2.12. The van der Waals surface area contributed by atoms with Gasteiger partial charge in [-0.25, -0.2) is 9.97 Å². The third-order valence-electron chi connectivity index (χ3n) is 3.78. The van der Waals surface area contributed by atoms with Crippen molar-refractivity contribution in [1.82, 2.24) is 15.3 Å². The van der Waals surface area contributed by atoms with E-state index in [1.807, 2.05) is 62.4 Å². The Bertz CT molecular complexity index is 927. The Balaban J connectivity index is 1.87. The van der Waals surface area contributed by atoms with Gasteiger partial charge in [0.05, 0.1) is 5.52 Å². The summed E-state index contributed by atoms with van der Waals surface area (Å²) in [5.74, 6) is 1.42. The average molecular weight is 413 g/mol. The minimum Gasteiger partial charge on any atom is -0.369 e. The van der Waals surface area contributed by atoms with Crippen LogP contribution in [0.2, 0.25) is 0 Å². The topological polar surface area (TPSA) is 66.9 Å². The molecule has 1 amide bonds. The quantitative estimate of drug-likeness (QED) is 0.629. The summed E-state index contributed by atoms with van der Waals surface area (Å²) < 4.78 is 0.978. The summed E-state index contributed by atoms with van der Waals surface area (Å²) in [5.41, 5.74) is 1.80. The second kappa shape index (κ2) is 8.27. The first-order valence-electron chi connectivity index (χ1n) is 8.59. The van der Waals surface area contributed by atoms with Crippen LogP contribution in [-0.4, -0.2) is 28.5 Å². The molecule has 6 heteroatoms. The third kappa shape index (κ3) is 4.58. The van der Waals surface area contributed by atoms with Crippen LogP contribution in [0.5, 0.6) is 0 Å². The highest BCUT2D eigenvalue weighted by molar-refractivity contribution is 9.10. The highest BCUT2D eigenvalue weighted by Crippen LogP contribution is 2.26. The summed E-state index contributed by atoms with van der Waals surface area (Å²) in [6.07, 6.45) is 0.392. The molecule has 1 aromatic heterocycles. The van der Waals surface area contributed by atoms with Gasteiger partial charge in [-0.3, -0.25) is 4.79 Å². The number of amides is 1. The standard InChI is InChI=1S/C20H21BrN4O/c1-13(2)23-18(26)10-11-22-20-16-8-3-4-9-17(16)24-19(25-20)14-6-5-7-15(21)12-14/h3-9,12-13H,10-11H2,1-2H3,(H,23,26)(H,22,24,25). The van der Waals surface area contributed by atoms with Crippen molar-refractivity contribution in [3.63, 3.8) is 0 Å². The molecule has 5 nitrogen and oxygen atoms in total. The van der Waals surface area contributed by atoms with E-state index in [0.29, 0.717) is 18.8 Å². The van der Waals surface area contributed by atoms with Crippen molar-refractivity contribution in [2.45, 2.75) is 26.3 Å². The van der Waals surface area contributed by atoms with E-state index in [-0.39, 0.29) is 11.9 Å². The molecule has 0 fully saturated rings. The minimum absolute atomic E-state index is 0.0260. The van der Waals surface area contributed by atoms with Crippen LogP contribution in [0.1, 0.15) is 20.3 Å². The number of carbonyl (C=O) groups excluding carboxylic acids is 1. The van der Waals surface area contributed by atoms with Crippen LogP contribution in [0.25, 0.3) is 22.3 Å². The van der Waals surface area contributed by atoms with E-state index in [4.69, 9.17) is 4.98 Å². The minimum atomic E-state index is 0.0260. The van der Waals surface area contributed by atoms with Crippen molar-refractivity contribution in [2.24, 2.45) is 0 Å². The predicted octanol–water partition coefficient (Wildman–Crippen LogP) is 4.39. The van der Waals surface area contributed by atoms with Gasteiger partial charge in [0.25, 0.3) is 0 Å². The first-order chi connectivity index (χ1) is 12.5. The number of nitrogens with one attached hydrogen (secondary N) is 2. The molecule has 3 aromatic rings. The average Bonchev–Trinajstić information content (AvgIpc) is 2.61. The second-order valence-electron chi connectivity index (χ2n) is 6.32. The van der Waals surface area contributed by atoms with E-state index >= 15 is 0 Å². The Hall–Kier alpha value is -2.47. The summed E-state index contributed by atoms with van der Waals surface area (Å²) in [7, 11) is 0. The van der Waals surface area contributed by atoms with E-state index in [2.05, 4.69) is 31.5 Å². The third-order valence-corrected chi connectivity index (χ3v) is 4.27. The van der Waals surface area contributed by atoms with Crippen molar-refractivity contribution >= 4 is 38.6 Å². The lowest BCUT2D eigenvalue weighted by atomic mass is 10.2. The molecule has 1 heterocycles. The van der Waals surface area contributed by atoms with Crippen molar-refractivity contribution in [3.05, 3.63) is 53.0 Å². The molecule has 0 saturated carbocycles. The number of nitrogens with zero attached hydrogens (tertiary/aromatic N) is 2. The molecule has 0 saturated heterocycles. The van der Waals surface area contributed by atoms with E-state index in [1.54, 1.807) is 0 Å². The summed E-state index contributed by atoms with van der Waals surface area (Å²) in [4.78, 5) is 21.2. The summed E-state index contributed by atoms with van der Waals surface area (Å²) >= 11 is 3.49. The maximum Gasteiger partial charge on any atom is 0.221 e. The number of benzene rings is 2. The molecule has 0 bridgehead atoms. The Morgan fingerprint density at radius 2 is 1.92 bits per heavy atom. The maximum absolute atomic E-state index is 11.8. The van der Waals surface area contributed by atoms with Crippen molar-refractivity contribution in [3.8, 4) is 11.4 Å². The molecule has 2 aromatic carbocycles. The predicted molar refractivity (Wildman–Crippen MR) is 109 cm³/mol. The number of anilines is 1. The van der Waals surface area contributed by atoms with Gasteiger partial charge in [0.15, 0.2) is 5.82 Å². The van der Waals surface area contributed by atoms with Crippen LogP contribution in [-0.2, 0) is 4.79 Å². The number of para-hydroxylation sites is 1. The summed E-state index contributed by atoms with van der Waals surface area (Å²) in [6, 6.07) is 15.9. The van der Waals surface area contributed by atoms with Crippen LogP contribution in [0.4, 0.5) is 5.82 Å². The van der Waals surface area contributed by atoms with Crippen LogP contribution in [0.3, 0.4) is 0 Å². The lowest BCUT2D eigenvalue weighted by molar-refractivity contribution is -0.121. The van der Waals surface area contributed by atoms with E-state index in [1.165, 1.54) is 0 Å². The molecule has 0 aliphatic carbocycles. The van der Waals surface area contributed by atoms with Gasteiger partial charge < -0.3 is 10.6 Å². The molecule has 0 spiro atoms. The normalized spacial score (nSPS) is 10.9. The molecule has 134 valence electrons. The highest BCUT2D eigenvalue weighted by Gasteiger charge is 2.10. The number of halogens is 1. The van der Waals surface area contributed by atoms with E-state index in [9.17, 15) is 4.79 Å². The van der Waals surface area contributed by atoms with Crippen LogP contribution in [0.15, 0.2) is 53.0 Å². The second-order valence-corrected chi connectivity index (χ2v) is 7.24. The molecular weight excluding hydrogens is 392 g/mol. The first kappa shape index (κ1) is 18.3. The van der Waals surface area contributed by atoms with Crippen LogP contribution >= 0.6 is 15.9 Å². The van der Waals surface area contributed by atoms with Gasteiger partial charge in [0, 0.05) is 34.4 Å². The molecular formula is C20H21BrN4O. The largest absolute Gasteiger partial charge is 0.369 e. The Labute approximate surface area is 161 Å². The fourth-order valence-corrected chi connectivity index (χ4v) is 3.06. The number of aromatic nitrogens is 2. The van der Waals surface area contributed by atoms with Gasteiger partial charge in [0.2, 0.25) is 5.91 Å². The zero-order valence-corrected chi connectivity index (χ0v) is 16.4. The molecule has 3 rings (SSSR count). The first-order valence-corrected chi connectivity index (χ1v) is 9.38. The zero-order valence-electron chi connectivity index (χ0n) is 14.8. The smallest absolute Gasteiger partial charge is 0.221 e. The maximum atomic E-state index is 11.8. The fraction of sp³-hybridized carbons (Fsp3) is 0.250. The Morgan fingerprint density at radius 1 is 1.12 bits per heavy atom. The van der Waals surface area contributed by atoms with Crippen LogP contribution in [0, 0.1) is 0 Å². The number of fused-ring (bicyclic) bond motifs is 1. The highest BCUT2D eigenvalue weighted by atomic mass is 79.9. The molecule has 0 unspecified atom stereocenters. The number of rotatable bonds is 6. The van der Waals surface area contributed by atoms with E-state index < -0.39 is 0 Å². The van der Waals surface area contributed by atoms with E-state index in [0.717, 1.165) is 26.8 Å².